The summed E-state index contributed by atoms with van der Waals surface area (Å²) in [6.45, 7) is 2.52. The van der Waals surface area contributed by atoms with Gasteiger partial charge in [-0.2, -0.15) is 0 Å². The molecule has 15 heavy (non-hydrogen) atoms. The SMILES string of the molecule is CCOCC1=Cc2ccccc2S1(=O)=O. The van der Waals surface area contributed by atoms with E-state index in [9.17, 15) is 8.42 Å². The molecule has 0 unspecified atom stereocenters. The number of ether oxygens (including phenoxy) is 1. The lowest BCUT2D eigenvalue weighted by atomic mass is 10.2. The molecular weight excluding hydrogens is 212 g/mol. The van der Waals surface area contributed by atoms with Crippen LogP contribution in [0.1, 0.15) is 12.5 Å². The largest absolute Gasteiger partial charge is 0.376 e. The van der Waals surface area contributed by atoms with Crippen molar-refractivity contribution < 1.29 is 13.2 Å². The maximum Gasteiger partial charge on any atom is 0.205 e. The molecule has 1 aliphatic heterocycles. The van der Waals surface area contributed by atoms with Crippen LogP contribution in [-0.4, -0.2) is 21.6 Å². The molecule has 0 saturated heterocycles. The lowest BCUT2D eigenvalue weighted by molar-refractivity contribution is 0.175. The van der Waals surface area contributed by atoms with Gasteiger partial charge in [-0.25, -0.2) is 8.42 Å². The van der Waals surface area contributed by atoms with Gasteiger partial charge in [0.2, 0.25) is 9.84 Å². The molecule has 0 fully saturated rings. The maximum absolute atomic E-state index is 11.9. The summed E-state index contributed by atoms with van der Waals surface area (Å²) in [5.41, 5.74) is 0.757. The van der Waals surface area contributed by atoms with Crippen LogP contribution in [0.15, 0.2) is 34.1 Å². The third-order valence-electron chi connectivity index (χ3n) is 2.32. The fraction of sp³-hybridized carbons (Fsp3) is 0.273. The second kappa shape index (κ2) is 3.79. The van der Waals surface area contributed by atoms with Gasteiger partial charge in [0.15, 0.2) is 0 Å². The Labute approximate surface area is 89.3 Å². The molecule has 4 heteroatoms. The summed E-state index contributed by atoms with van der Waals surface area (Å²) in [7, 11) is -3.28. The minimum absolute atomic E-state index is 0.160. The van der Waals surface area contributed by atoms with Crippen LogP contribution in [0.4, 0.5) is 0 Å². The van der Waals surface area contributed by atoms with Crippen molar-refractivity contribution in [1.82, 2.24) is 0 Å². The highest BCUT2D eigenvalue weighted by atomic mass is 32.2. The summed E-state index contributed by atoms with van der Waals surface area (Å²) in [6, 6.07) is 6.98. The Morgan fingerprint density at radius 3 is 2.67 bits per heavy atom. The predicted octanol–water partition coefficient (Wildman–Crippen LogP) is 1.85. The van der Waals surface area contributed by atoms with Crippen molar-refractivity contribution in [3.05, 3.63) is 34.7 Å². The van der Waals surface area contributed by atoms with Gasteiger partial charge in [-0.05, 0) is 24.6 Å². The van der Waals surface area contributed by atoms with Crippen LogP contribution in [-0.2, 0) is 14.6 Å². The van der Waals surface area contributed by atoms with Gasteiger partial charge in [0.1, 0.15) is 0 Å². The van der Waals surface area contributed by atoms with E-state index in [0.717, 1.165) is 5.56 Å². The van der Waals surface area contributed by atoms with Gasteiger partial charge in [-0.15, -0.1) is 0 Å². The summed E-state index contributed by atoms with van der Waals surface area (Å²) in [5, 5.41) is 0. The van der Waals surface area contributed by atoms with E-state index >= 15 is 0 Å². The number of fused-ring (bicyclic) bond motifs is 1. The van der Waals surface area contributed by atoms with E-state index in [4.69, 9.17) is 4.74 Å². The van der Waals surface area contributed by atoms with E-state index in [1.165, 1.54) is 0 Å². The van der Waals surface area contributed by atoms with E-state index in [0.29, 0.717) is 16.4 Å². The van der Waals surface area contributed by atoms with Crippen LogP contribution in [0.3, 0.4) is 0 Å². The zero-order valence-electron chi connectivity index (χ0n) is 8.43. The molecule has 3 nitrogen and oxygen atoms in total. The molecule has 0 N–H and O–H groups in total. The standard InChI is InChI=1S/C11H12O3S/c1-2-14-8-10-7-9-5-3-4-6-11(9)15(10,12)13/h3-7H,2,8H2,1H3. The average Bonchev–Trinajstić information content (AvgIpc) is 2.48. The second-order valence-corrected chi connectivity index (χ2v) is 5.26. The van der Waals surface area contributed by atoms with Gasteiger partial charge in [-0.1, -0.05) is 18.2 Å². The van der Waals surface area contributed by atoms with Crippen LogP contribution in [0.5, 0.6) is 0 Å². The van der Waals surface area contributed by atoms with Crippen LogP contribution in [0.2, 0.25) is 0 Å². The monoisotopic (exact) mass is 224 g/mol. The fourth-order valence-electron chi connectivity index (χ4n) is 1.56. The third kappa shape index (κ3) is 1.70. The van der Waals surface area contributed by atoms with Crippen molar-refractivity contribution in [2.24, 2.45) is 0 Å². The van der Waals surface area contributed by atoms with Crippen molar-refractivity contribution in [1.29, 1.82) is 0 Å². The van der Waals surface area contributed by atoms with Gasteiger partial charge >= 0.3 is 0 Å². The zero-order valence-corrected chi connectivity index (χ0v) is 9.25. The summed E-state index contributed by atoms with van der Waals surface area (Å²) >= 11 is 0. The molecule has 1 aliphatic rings. The minimum Gasteiger partial charge on any atom is -0.376 e. The van der Waals surface area contributed by atoms with E-state index in [-0.39, 0.29) is 6.61 Å². The minimum atomic E-state index is -3.28. The van der Waals surface area contributed by atoms with Crippen LogP contribution >= 0.6 is 0 Å². The molecule has 80 valence electrons. The van der Waals surface area contributed by atoms with Crippen LogP contribution in [0, 0.1) is 0 Å². The quantitative estimate of drug-likeness (QED) is 0.787. The van der Waals surface area contributed by atoms with E-state index < -0.39 is 9.84 Å². The molecule has 1 aromatic rings. The maximum atomic E-state index is 11.9. The van der Waals surface area contributed by atoms with Crippen molar-refractivity contribution in [3.63, 3.8) is 0 Å². The average molecular weight is 224 g/mol. The molecule has 0 saturated carbocycles. The molecule has 0 spiro atoms. The highest BCUT2D eigenvalue weighted by molar-refractivity contribution is 7.95. The summed E-state index contributed by atoms with van der Waals surface area (Å²) < 4.78 is 29.0. The zero-order chi connectivity index (χ0) is 10.9. The topological polar surface area (TPSA) is 43.4 Å². The predicted molar refractivity (Wildman–Crippen MR) is 58.1 cm³/mol. The normalized spacial score (nSPS) is 17.3. The Morgan fingerprint density at radius 2 is 2.00 bits per heavy atom. The Kier molecular flexibility index (Phi) is 2.63. The van der Waals surface area contributed by atoms with E-state index in [1.54, 1.807) is 24.3 Å². The van der Waals surface area contributed by atoms with Crippen LogP contribution < -0.4 is 0 Å². The van der Waals surface area contributed by atoms with Crippen LogP contribution in [0.25, 0.3) is 6.08 Å². The number of sulfone groups is 1. The molecule has 1 heterocycles. The van der Waals surface area contributed by atoms with Gasteiger partial charge in [0.05, 0.1) is 16.4 Å². The summed E-state index contributed by atoms with van der Waals surface area (Å²) in [4.78, 5) is 0.741. The molecule has 0 atom stereocenters. The van der Waals surface area contributed by atoms with Gasteiger partial charge < -0.3 is 4.74 Å². The molecule has 1 aromatic carbocycles. The Balaban J connectivity index is 2.41. The lowest BCUT2D eigenvalue weighted by Gasteiger charge is -2.03. The first kappa shape index (κ1) is 10.4. The van der Waals surface area contributed by atoms with Crippen molar-refractivity contribution in [3.8, 4) is 0 Å². The molecule has 0 amide bonds. The van der Waals surface area contributed by atoms with Crippen molar-refractivity contribution in [2.75, 3.05) is 13.2 Å². The highest BCUT2D eigenvalue weighted by Gasteiger charge is 2.28. The number of hydrogen-bond acceptors (Lipinski definition) is 3. The Morgan fingerprint density at radius 1 is 1.27 bits per heavy atom. The molecule has 0 aromatic heterocycles. The first-order valence-electron chi connectivity index (χ1n) is 4.78. The molecule has 0 bridgehead atoms. The summed E-state index contributed by atoms with van der Waals surface area (Å²) in [5.74, 6) is 0. The first-order chi connectivity index (χ1) is 7.16. The lowest BCUT2D eigenvalue weighted by Crippen LogP contribution is -2.06. The van der Waals surface area contributed by atoms with E-state index in [1.807, 2.05) is 13.0 Å². The molecule has 0 radical (unpaired) electrons. The summed E-state index contributed by atoms with van der Waals surface area (Å²) in [6.07, 6.45) is 1.68. The number of hydrogen-bond donors (Lipinski definition) is 0. The van der Waals surface area contributed by atoms with Crippen molar-refractivity contribution in [2.45, 2.75) is 11.8 Å². The second-order valence-electron chi connectivity index (χ2n) is 3.29. The fourth-order valence-corrected chi connectivity index (χ4v) is 3.06. The van der Waals surface area contributed by atoms with Gasteiger partial charge in [0.25, 0.3) is 0 Å². The van der Waals surface area contributed by atoms with Crippen molar-refractivity contribution >= 4 is 15.9 Å². The third-order valence-corrected chi connectivity index (χ3v) is 4.20. The van der Waals surface area contributed by atoms with E-state index in [2.05, 4.69) is 0 Å². The van der Waals surface area contributed by atoms with Gasteiger partial charge in [-0.3, -0.25) is 0 Å². The highest BCUT2D eigenvalue weighted by Crippen LogP contribution is 2.32. The smallest absolute Gasteiger partial charge is 0.205 e. The van der Waals surface area contributed by atoms with Gasteiger partial charge in [0, 0.05) is 6.61 Å². The molecule has 0 aliphatic carbocycles. The molecule has 2 rings (SSSR count). The Bertz CT molecular complexity index is 500. The molecular formula is C11H12O3S. The Hall–Kier alpha value is -1.13. The number of rotatable bonds is 3. The number of benzene rings is 1. The first-order valence-corrected chi connectivity index (χ1v) is 6.27.